The van der Waals surface area contributed by atoms with E-state index < -0.39 is 0 Å². The van der Waals surface area contributed by atoms with Gasteiger partial charge >= 0.3 is 0 Å². The van der Waals surface area contributed by atoms with E-state index in [4.69, 9.17) is 4.74 Å². The Kier molecular flexibility index (Phi) is 4.04. The Balaban J connectivity index is 2.03. The zero-order valence-corrected chi connectivity index (χ0v) is 13.9. The van der Waals surface area contributed by atoms with Gasteiger partial charge in [0, 0.05) is 13.1 Å². The van der Waals surface area contributed by atoms with E-state index >= 15 is 0 Å². The normalized spacial score (nSPS) is 18.3. The third kappa shape index (κ3) is 2.56. The Bertz CT molecular complexity index is 647. The minimum atomic E-state index is -0.0590. The molecule has 6 heteroatoms. The average molecular weight is 303 g/mol. The molecule has 120 valence electrons. The molecular formula is C16H25N5O. The van der Waals surface area contributed by atoms with Gasteiger partial charge in [-0.2, -0.15) is 9.61 Å². The molecule has 1 fully saturated rings. The molecule has 0 N–H and O–H groups in total. The van der Waals surface area contributed by atoms with Crippen molar-refractivity contribution < 1.29 is 4.74 Å². The number of rotatable bonds is 4. The lowest BCUT2D eigenvalue weighted by atomic mass is 9.94. The summed E-state index contributed by atoms with van der Waals surface area (Å²) in [5, 5.41) is 12.9. The second kappa shape index (κ2) is 5.83. The van der Waals surface area contributed by atoms with Gasteiger partial charge in [0.1, 0.15) is 6.33 Å². The molecule has 0 spiro atoms. The highest BCUT2D eigenvalue weighted by Gasteiger charge is 2.34. The Morgan fingerprint density at radius 3 is 2.77 bits per heavy atom. The summed E-state index contributed by atoms with van der Waals surface area (Å²) in [5.41, 5.74) is 2.95. The van der Waals surface area contributed by atoms with Crippen LogP contribution in [0.1, 0.15) is 52.1 Å². The highest BCUT2D eigenvalue weighted by atomic mass is 16.5. The van der Waals surface area contributed by atoms with Gasteiger partial charge in [0.05, 0.1) is 23.6 Å². The molecule has 1 aliphatic rings. The summed E-state index contributed by atoms with van der Waals surface area (Å²) in [7, 11) is 0. The summed E-state index contributed by atoms with van der Waals surface area (Å²) in [4.78, 5) is 2.38. The van der Waals surface area contributed by atoms with Crippen LogP contribution in [-0.4, -0.2) is 45.1 Å². The Labute approximate surface area is 131 Å². The molecule has 0 atom stereocenters. The van der Waals surface area contributed by atoms with Crippen molar-refractivity contribution in [3.8, 4) is 0 Å². The molecule has 0 amide bonds. The van der Waals surface area contributed by atoms with Crippen LogP contribution in [0.4, 0.5) is 5.69 Å². The van der Waals surface area contributed by atoms with Gasteiger partial charge in [-0.15, -0.1) is 10.2 Å². The Morgan fingerprint density at radius 1 is 1.32 bits per heavy atom. The van der Waals surface area contributed by atoms with Crippen molar-refractivity contribution in [2.45, 2.75) is 52.1 Å². The molecule has 3 heterocycles. The number of aromatic nitrogens is 4. The van der Waals surface area contributed by atoms with Crippen molar-refractivity contribution in [3.63, 3.8) is 0 Å². The van der Waals surface area contributed by atoms with Gasteiger partial charge in [-0.25, -0.2) is 0 Å². The highest BCUT2D eigenvalue weighted by molar-refractivity contribution is 5.68. The Morgan fingerprint density at radius 2 is 2.09 bits per heavy atom. The maximum atomic E-state index is 6.09. The van der Waals surface area contributed by atoms with Gasteiger partial charge in [-0.05, 0) is 24.8 Å². The molecule has 0 bridgehead atoms. The molecular weight excluding hydrogens is 278 g/mol. The molecule has 0 saturated carbocycles. The summed E-state index contributed by atoms with van der Waals surface area (Å²) in [6, 6.07) is 2.16. The van der Waals surface area contributed by atoms with Crippen molar-refractivity contribution in [1.82, 2.24) is 19.8 Å². The van der Waals surface area contributed by atoms with E-state index in [0.717, 1.165) is 49.6 Å². The fraction of sp³-hybridized carbons (Fsp3) is 0.688. The molecule has 0 aliphatic carbocycles. The van der Waals surface area contributed by atoms with E-state index in [2.05, 4.69) is 54.0 Å². The summed E-state index contributed by atoms with van der Waals surface area (Å²) in [5.74, 6) is 0.369. The number of hydrogen-bond donors (Lipinski definition) is 0. The van der Waals surface area contributed by atoms with E-state index in [9.17, 15) is 0 Å². The summed E-state index contributed by atoms with van der Waals surface area (Å²) in [6.45, 7) is 11.2. The van der Waals surface area contributed by atoms with E-state index in [-0.39, 0.29) is 5.60 Å². The van der Waals surface area contributed by atoms with Gasteiger partial charge in [0.2, 0.25) is 5.65 Å². The van der Waals surface area contributed by atoms with E-state index in [0.29, 0.717) is 5.92 Å². The lowest BCUT2D eigenvalue weighted by molar-refractivity contribution is -0.0604. The van der Waals surface area contributed by atoms with Gasteiger partial charge < -0.3 is 9.64 Å². The first-order chi connectivity index (χ1) is 10.6. The molecule has 1 aliphatic heterocycles. The van der Waals surface area contributed by atoms with Crippen molar-refractivity contribution in [2.24, 2.45) is 0 Å². The summed E-state index contributed by atoms with van der Waals surface area (Å²) in [6.07, 6.45) is 3.72. The van der Waals surface area contributed by atoms with Crippen LogP contribution in [0, 0.1) is 0 Å². The van der Waals surface area contributed by atoms with Crippen LogP contribution in [-0.2, 0) is 4.74 Å². The first-order valence-electron chi connectivity index (χ1n) is 8.18. The number of nitrogens with zero attached hydrogens (tertiary/aromatic N) is 5. The van der Waals surface area contributed by atoms with Crippen molar-refractivity contribution in [3.05, 3.63) is 18.1 Å². The van der Waals surface area contributed by atoms with Crippen LogP contribution < -0.4 is 4.90 Å². The number of anilines is 1. The molecule has 0 unspecified atom stereocenters. The zero-order valence-electron chi connectivity index (χ0n) is 13.9. The van der Waals surface area contributed by atoms with E-state index in [1.165, 1.54) is 0 Å². The second-order valence-corrected chi connectivity index (χ2v) is 6.37. The third-order valence-corrected chi connectivity index (χ3v) is 4.74. The fourth-order valence-corrected chi connectivity index (χ4v) is 3.07. The monoisotopic (exact) mass is 303 g/mol. The molecule has 22 heavy (non-hydrogen) atoms. The average Bonchev–Trinajstić information content (AvgIpc) is 3.02. The zero-order chi connectivity index (χ0) is 15.7. The minimum absolute atomic E-state index is 0.0590. The van der Waals surface area contributed by atoms with E-state index in [1.807, 2.05) is 0 Å². The summed E-state index contributed by atoms with van der Waals surface area (Å²) < 4.78 is 7.88. The van der Waals surface area contributed by atoms with Gasteiger partial charge in [0.25, 0.3) is 0 Å². The van der Waals surface area contributed by atoms with Crippen LogP contribution >= 0.6 is 0 Å². The van der Waals surface area contributed by atoms with Crippen LogP contribution in [0.3, 0.4) is 0 Å². The number of fused-ring (bicyclic) bond motifs is 1. The summed E-state index contributed by atoms with van der Waals surface area (Å²) >= 11 is 0. The van der Waals surface area contributed by atoms with Gasteiger partial charge in [-0.1, -0.05) is 27.7 Å². The number of morpholine rings is 1. The van der Waals surface area contributed by atoms with Crippen LogP contribution in [0.15, 0.2) is 12.4 Å². The maximum Gasteiger partial charge on any atom is 0.200 e. The lowest BCUT2D eigenvalue weighted by Crippen LogP contribution is -2.51. The van der Waals surface area contributed by atoms with E-state index in [1.54, 1.807) is 10.8 Å². The van der Waals surface area contributed by atoms with Gasteiger partial charge in [0.15, 0.2) is 0 Å². The largest absolute Gasteiger partial charge is 0.371 e. The highest BCUT2D eigenvalue weighted by Crippen LogP contribution is 2.31. The molecule has 2 aromatic heterocycles. The molecule has 2 aromatic rings. The smallest absolute Gasteiger partial charge is 0.200 e. The third-order valence-electron chi connectivity index (χ3n) is 4.74. The first-order valence-corrected chi connectivity index (χ1v) is 8.18. The fourth-order valence-electron chi connectivity index (χ4n) is 3.07. The first kappa shape index (κ1) is 15.2. The van der Waals surface area contributed by atoms with Crippen molar-refractivity contribution in [1.29, 1.82) is 0 Å². The standard InChI is InChI=1S/C16H25N5O/c1-5-16(6-2)10-20(7-8-22-16)14-9-13(12(3)4)19-21-11-17-18-15(14)21/h9,11-12H,5-8,10H2,1-4H3. The molecule has 0 radical (unpaired) electrons. The van der Waals surface area contributed by atoms with Crippen LogP contribution in [0.2, 0.25) is 0 Å². The SMILES string of the molecule is CCC1(CC)CN(c2cc(C(C)C)nn3cnnc23)CCO1. The minimum Gasteiger partial charge on any atom is -0.371 e. The molecule has 1 saturated heterocycles. The van der Waals surface area contributed by atoms with Crippen LogP contribution in [0.5, 0.6) is 0 Å². The predicted octanol–water partition coefficient (Wildman–Crippen LogP) is 2.64. The predicted molar refractivity (Wildman–Crippen MR) is 86.3 cm³/mol. The second-order valence-electron chi connectivity index (χ2n) is 6.37. The topological polar surface area (TPSA) is 55.6 Å². The van der Waals surface area contributed by atoms with Crippen LogP contribution in [0.25, 0.3) is 5.65 Å². The number of hydrogen-bond acceptors (Lipinski definition) is 5. The lowest BCUT2D eigenvalue weighted by Gasteiger charge is -2.43. The van der Waals surface area contributed by atoms with Gasteiger partial charge in [-0.3, -0.25) is 0 Å². The maximum absolute atomic E-state index is 6.09. The quantitative estimate of drug-likeness (QED) is 0.869. The van der Waals surface area contributed by atoms with Crippen molar-refractivity contribution in [2.75, 3.05) is 24.6 Å². The molecule has 3 rings (SSSR count). The van der Waals surface area contributed by atoms with Crippen molar-refractivity contribution >= 4 is 11.3 Å². The Hall–Kier alpha value is -1.69. The molecule has 0 aromatic carbocycles. The number of ether oxygens (including phenoxy) is 1. The molecule has 6 nitrogen and oxygen atoms in total.